The number of halogens is 3. The van der Waals surface area contributed by atoms with Gasteiger partial charge in [0.15, 0.2) is 5.96 Å². The van der Waals surface area contributed by atoms with E-state index in [1.165, 1.54) is 5.56 Å². The molecule has 2 aromatic rings. The second kappa shape index (κ2) is 11.7. The molecule has 1 aromatic carbocycles. The van der Waals surface area contributed by atoms with Crippen LogP contribution in [0.3, 0.4) is 0 Å². The first-order valence-electron chi connectivity index (χ1n) is 9.16. The van der Waals surface area contributed by atoms with Gasteiger partial charge < -0.3 is 10.2 Å². The molecular formula is C20H26BrFIN5. The fraction of sp³-hybridized carbons (Fsp3) is 0.400. The molecule has 5 nitrogen and oxygen atoms in total. The number of hydrogen-bond acceptors (Lipinski definition) is 3. The summed E-state index contributed by atoms with van der Waals surface area (Å²) in [6.07, 6.45) is 4.61. The number of aliphatic imine (C=N–C) groups is 1. The lowest BCUT2D eigenvalue weighted by Crippen LogP contribution is -2.52. The Hall–Kier alpha value is -1.26. The number of nitrogens with one attached hydrogen (secondary N) is 1. The van der Waals surface area contributed by atoms with Gasteiger partial charge in [-0.2, -0.15) is 0 Å². The highest BCUT2D eigenvalue weighted by atomic mass is 127. The molecule has 3 rings (SSSR count). The molecule has 0 unspecified atom stereocenters. The molecule has 2 heterocycles. The van der Waals surface area contributed by atoms with Crippen LogP contribution in [0.15, 0.2) is 52.2 Å². The van der Waals surface area contributed by atoms with Crippen molar-refractivity contribution in [2.75, 3.05) is 39.8 Å². The summed E-state index contributed by atoms with van der Waals surface area (Å²) in [6, 6.07) is 9.39. The van der Waals surface area contributed by atoms with Crippen molar-refractivity contribution in [2.24, 2.45) is 4.99 Å². The zero-order valence-corrected chi connectivity index (χ0v) is 19.9. The quantitative estimate of drug-likeness (QED) is 0.344. The fourth-order valence-electron chi connectivity index (χ4n) is 3.21. The van der Waals surface area contributed by atoms with Gasteiger partial charge in [-0.15, -0.1) is 24.0 Å². The van der Waals surface area contributed by atoms with E-state index in [2.05, 4.69) is 47.1 Å². The van der Waals surface area contributed by atoms with Crippen molar-refractivity contribution in [1.82, 2.24) is 20.1 Å². The van der Waals surface area contributed by atoms with Crippen LogP contribution in [0.5, 0.6) is 0 Å². The van der Waals surface area contributed by atoms with Gasteiger partial charge >= 0.3 is 0 Å². The number of benzene rings is 1. The van der Waals surface area contributed by atoms with E-state index in [-0.39, 0.29) is 29.8 Å². The molecule has 152 valence electrons. The second-order valence-corrected chi connectivity index (χ2v) is 7.45. The first-order valence-corrected chi connectivity index (χ1v) is 9.96. The Bertz CT molecular complexity index is 766. The van der Waals surface area contributed by atoms with Crippen LogP contribution in [0.25, 0.3) is 0 Å². The number of piperazine rings is 1. The molecule has 0 radical (unpaired) electrons. The van der Waals surface area contributed by atoms with E-state index in [0.717, 1.165) is 57.2 Å². The summed E-state index contributed by atoms with van der Waals surface area (Å²) in [5, 5.41) is 3.44. The van der Waals surface area contributed by atoms with E-state index < -0.39 is 0 Å². The maximum atomic E-state index is 13.7. The van der Waals surface area contributed by atoms with Crippen molar-refractivity contribution in [3.8, 4) is 0 Å². The van der Waals surface area contributed by atoms with E-state index >= 15 is 0 Å². The van der Waals surface area contributed by atoms with Gasteiger partial charge in [0, 0.05) is 58.7 Å². The molecule has 1 aromatic heterocycles. The van der Waals surface area contributed by atoms with Gasteiger partial charge in [0.1, 0.15) is 5.82 Å². The number of rotatable bonds is 5. The van der Waals surface area contributed by atoms with Gasteiger partial charge in [-0.3, -0.25) is 14.9 Å². The number of pyridine rings is 1. The standard InChI is InChI=1S/C20H25BrFN5.HI/c1-23-20(25-8-6-16-3-2-7-24-14-16)27-11-9-26(10-12-27)15-17-4-5-18(21)19(22)13-17;/h2-5,7,13-14H,6,8-12,15H2,1H3,(H,23,25);1H. The molecule has 1 fully saturated rings. The Balaban J connectivity index is 0.00000280. The number of aromatic nitrogens is 1. The highest BCUT2D eigenvalue weighted by Gasteiger charge is 2.19. The van der Waals surface area contributed by atoms with Gasteiger partial charge in [-0.25, -0.2) is 4.39 Å². The first-order chi connectivity index (χ1) is 13.2. The summed E-state index contributed by atoms with van der Waals surface area (Å²) in [4.78, 5) is 13.2. The summed E-state index contributed by atoms with van der Waals surface area (Å²) in [6.45, 7) is 5.28. The number of guanidine groups is 1. The van der Waals surface area contributed by atoms with Crippen LogP contribution >= 0.6 is 39.9 Å². The van der Waals surface area contributed by atoms with Crippen molar-refractivity contribution in [1.29, 1.82) is 0 Å². The predicted octanol–water partition coefficient (Wildman–Crippen LogP) is 3.54. The summed E-state index contributed by atoms with van der Waals surface area (Å²) >= 11 is 3.20. The SMILES string of the molecule is CN=C(NCCc1cccnc1)N1CCN(Cc2ccc(Br)c(F)c2)CC1.I. The van der Waals surface area contributed by atoms with Crippen molar-refractivity contribution >= 4 is 45.9 Å². The summed E-state index contributed by atoms with van der Waals surface area (Å²) in [7, 11) is 1.82. The zero-order chi connectivity index (χ0) is 19.1. The van der Waals surface area contributed by atoms with E-state index in [4.69, 9.17) is 0 Å². The number of hydrogen-bond donors (Lipinski definition) is 1. The Morgan fingerprint density at radius 3 is 2.64 bits per heavy atom. The topological polar surface area (TPSA) is 43.8 Å². The van der Waals surface area contributed by atoms with Crippen LogP contribution in [0.2, 0.25) is 0 Å². The minimum atomic E-state index is -0.204. The average Bonchev–Trinajstić information content (AvgIpc) is 2.70. The zero-order valence-electron chi connectivity index (χ0n) is 15.9. The minimum absolute atomic E-state index is 0. The predicted molar refractivity (Wildman–Crippen MR) is 126 cm³/mol. The fourth-order valence-corrected chi connectivity index (χ4v) is 3.46. The molecule has 1 N–H and O–H groups in total. The molecule has 28 heavy (non-hydrogen) atoms. The highest BCUT2D eigenvalue weighted by molar-refractivity contribution is 14.0. The van der Waals surface area contributed by atoms with E-state index in [9.17, 15) is 4.39 Å². The van der Waals surface area contributed by atoms with E-state index in [0.29, 0.717) is 4.47 Å². The lowest BCUT2D eigenvalue weighted by atomic mass is 10.2. The van der Waals surface area contributed by atoms with Crippen LogP contribution in [0.4, 0.5) is 4.39 Å². The summed E-state index contributed by atoms with van der Waals surface area (Å²) in [5.41, 5.74) is 2.22. The summed E-state index contributed by atoms with van der Waals surface area (Å²) in [5.74, 6) is 0.734. The van der Waals surface area contributed by atoms with Gasteiger partial charge in [0.2, 0.25) is 0 Å². The van der Waals surface area contributed by atoms with Crippen molar-refractivity contribution < 1.29 is 4.39 Å². The maximum absolute atomic E-state index is 13.7. The Labute approximate surface area is 191 Å². The summed E-state index contributed by atoms with van der Waals surface area (Å²) < 4.78 is 14.2. The molecule has 0 atom stereocenters. The van der Waals surface area contributed by atoms with Crippen molar-refractivity contribution in [3.05, 3.63) is 64.1 Å². The Morgan fingerprint density at radius 1 is 1.21 bits per heavy atom. The molecule has 1 saturated heterocycles. The van der Waals surface area contributed by atoms with Gasteiger partial charge in [-0.05, 0) is 51.7 Å². The van der Waals surface area contributed by atoms with E-state index in [1.807, 2.05) is 25.4 Å². The third kappa shape index (κ3) is 6.66. The van der Waals surface area contributed by atoms with Crippen LogP contribution in [0, 0.1) is 5.82 Å². The largest absolute Gasteiger partial charge is 0.356 e. The lowest BCUT2D eigenvalue weighted by molar-refractivity contribution is 0.172. The van der Waals surface area contributed by atoms with Crippen molar-refractivity contribution in [3.63, 3.8) is 0 Å². The first kappa shape index (κ1) is 23.0. The average molecular weight is 562 g/mol. The van der Waals surface area contributed by atoms with Gasteiger partial charge in [-0.1, -0.05) is 12.1 Å². The van der Waals surface area contributed by atoms with Crippen LogP contribution in [-0.2, 0) is 13.0 Å². The molecule has 0 bridgehead atoms. The Kier molecular flexibility index (Phi) is 9.60. The third-order valence-electron chi connectivity index (χ3n) is 4.69. The second-order valence-electron chi connectivity index (χ2n) is 6.60. The van der Waals surface area contributed by atoms with Gasteiger partial charge in [0.25, 0.3) is 0 Å². The molecular weight excluding hydrogens is 536 g/mol. The van der Waals surface area contributed by atoms with E-state index in [1.54, 1.807) is 18.3 Å². The lowest BCUT2D eigenvalue weighted by Gasteiger charge is -2.36. The highest BCUT2D eigenvalue weighted by Crippen LogP contribution is 2.18. The molecule has 0 saturated carbocycles. The monoisotopic (exact) mass is 561 g/mol. The third-order valence-corrected chi connectivity index (χ3v) is 5.34. The molecule has 8 heteroatoms. The van der Waals surface area contributed by atoms with Crippen LogP contribution in [-0.4, -0.2) is 60.5 Å². The molecule has 0 spiro atoms. The molecule has 0 aliphatic carbocycles. The normalized spacial score (nSPS) is 15.2. The maximum Gasteiger partial charge on any atom is 0.193 e. The smallest absolute Gasteiger partial charge is 0.193 e. The number of nitrogens with zero attached hydrogens (tertiary/aromatic N) is 4. The van der Waals surface area contributed by atoms with Crippen LogP contribution < -0.4 is 5.32 Å². The molecule has 1 aliphatic heterocycles. The van der Waals surface area contributed by atoms with Gasteiger partial charge in [0.05, 0.1) is 4.47 Å². The van der Waals surface area contributed by atoms with Crippen LogP contribution in [0.1, 0.15) is 11.1 Å². The minimum Gasteiger partial charge on any atom is -0.356 e. The van der Waals surface area contributed by atoms with Crippen molar-refractivity contribution in [2.45, 2.75) is 13.0 Å². The molecule has 1 aliphatic rings. The Morgan fingerprint density at radius 2 is 2.00 bits per heavy atom. The molecule has 0 amide bonds.